The first kappa shape index (κ1) is 10.2. The first-order chi connectivity index (χ1) is 8.40. The topological polar surface area (TPSA) is 43.1 Å². The van der Waals surface area contributed by atoms with Crippen molar-refractivity contribution in [1.82, 2.24) is 14.5 Å². The molecule has 0 atom stereocenters. The Kier molecular flexibility index (Phi) is 2.48. The monoisotopic (exact) mass is 226 g/mol. The van der Waals surface area contributed by atoms with Crippen LogP contribution in [0.25, 0.3) is 16.6 Å². The van der Waals surface area contributed by atoms with Crippen LogP contribution in [-0.2, 0) is 6.54 Å². The molecule has 0 saturated heterocycles. The third-order valence-electron chi connectivity index (χ3n) is 3.05. The van der Waals surface area contributed by atoms with Crippen LogP contribution >= 0.6 is 0 Å². The Bertz CT molecular complexity index is 607. The van der Waals surface area contributed by atoms with Crippen LogP contribution in [0.4, 0.5) is 0 Å². The molecule has 0 spiro atoms. The number of rotatable bonds is 2. The summed E-state index contributed by atoms with van der Waals surface area (Å²) in [7, 11) is 0. The van der Waals surface area contributed by atoms with Crippen LogP contribution in [0.5, 0.6) is 0 Å². The Morgan fingerprint density at radius 3 is 3.12 bits per heavy atom. The summed E-state index contributed by atoms with van der Waals surface area (Å²) in [4.78, 5) is 13.0. The summed E-state index contributed by atoms with van der Waals surface area (Å²) in [5, 5.41) is 0. The zero-order valence-electron chi connectivity index (χ0n) is 9.80. The van der Waals surface area contributed by atoms with Crippen LogP contribution in [0.2, 0.25) is 0 Å². The summed E-state index contributed by atoms with van der Waals surface area (Å²) in [5.74, 6) is 1.06. The van der Waals surface area contributed by atoms with Crippen molar-refractivity contribution in [1.29, 1.82) is 0 Å². The Morgan fingerprint density at radius 2 is 2.35 bits per heavy atom. The Labute approximate surface area is 99.7 Å². The van der Waals surface area contributed by atoms with Gasteiger partial charge in [0.1, 0.15) is 11.3 Å². The minimum absolute atomic E-state index is 0.858. The summed E-state index contributed by atoms with van der Waals surface area (Å²) >= 11 is 0. The number of aryl methyl sites for hydroxylation is 1. The molecule has 4 heteroatoms. The molecule has 4 nitrogen and oxygen atoms in total. The molecule has 3 heterocycles. The number of allylic oxidation sites excluding steroid dienone is 1. The van der Waals surface area contributed by atoms with E-state index in [0.29, 0.717) is 0 Å². The standard InChI is InChI=1S/C13H14N4/c1-2-17-12-5-8-15-9-11(12)16-13(17)10-3-6-14-7-4-10/h3,5-6,8-9H,2,4,7H2,1H3. The van der Waals surface area contributed by atoms with Crippen molar-refractivity contribution in [2.45, 2.75) is 19.9 Å². The van der Waals surface area contributed by atoms with E-state index in [0.717, 1.165) is 36.4 Å². The molecule has 17 heavy (non-hydrogen) atoms. The van der Waals surface area contributed by atoms with Gasteiger partial charge in [-0.2, -0.15) is 0 Å². The largest absolute Gasteiger partial charge is 0.324 e. The van der Waals surface area contributed by atoms with Crippen molar-refractivity contribution in [3.8, 4) is 0 Å². The maximum Gasteiger partial charge on any atom is 0.137 e. The zero-order valence-corrected chi connectivity index (χ0v) is 9.80. The van der Waals surface area contributed by atoms with Crippen LogP contribution in [0.3, 0.4) is 0 Å². The molecule has 2 aromatic heterocycles. The molecule has 0 radical (unpaired) electrons. The second-order valence-electron chi connectivity index (χ2n) is 4.04. The molecule has 1 aliphatic rings. The van der Waals surface area contributed by atoms with Gasteiger partial charge < -0.3 is 4.57 Å². The van der Waals surface area contributed by atoms with Gasteiger partial charge in [-0.25, -0.2) is 4.98 Å². The minimum atomic E-state index is 0.858. The maximum absolute atomic E-state index is 4.68. The van der Waals surface area contributed by atoms with Gasteiger partial charge in [-0.1, -0.05) is 0 Å². The average molecular weight is 226 g/mol. The van der Waals surface area contributed by atoms with Crippen LogP contribution in [-0.4, -0.2) is 27.3 Å². The van der Waals surface area contributed by atoms with E-state index in [1.807, 2.05) is 24.7 Å². The number of hydrogen-bond donors (Lipinski definition) is 0. The Hall–Kier alpha value is -1.97. The molecule has 0 fully saturated rings. The van der Waals surface area contributed by atoms with E-state index in [9.17, 15) is 0 Å². The van der Waals surface area contributed by atoms with Gasteiger partial charge in [0.15, 0.2) is 0 Å². The number of aliphatic imine (C=N–C) groups is 1. The number of fused-ring (bicyclic) bond motifs is 1. The van der Waals surface area contributed by atoms with E-state index < -0.39 is 0 Å². The highest BCUT2D eigenvalue weighted by molar-refractivity contribution is 5.87. The lowest BCUT2D eigenvalue weighted by Crippen LogP contribution is -2.04. The third kappa shape index (κ3) is 1.65. The molecule has 0 amide bonds. The van der Waals surface area contributed by atoms with Crippen LogP contribution in [0.1, 0.15) is 19.2 Å². The molecular weight excluding hydrogens is 212 g/mol. The van der Waals surface area contributed by atoms with Gasteiger partial charge in [-0.15, -0.1) is 0 Å². The SMILES string of the molecule is CCn1c(C2=CC=NCC2)nc2cnccc21. The van der Waals surface area contributed by atoms with E-state index in [1.54, 1.807) is 0 Å². The molecule has 2 aromatic rings. The fourth-order valence-electron chi connectivity index (χ4n) is 2.22. The average Bonchev–Trinajstić information content (AvgIpc) is 2.78. The van der Waals surface area contributed by atoms with Crippen molar-refractivity contribution in [3.63, 3.8) is 0 Å². The first-order valence-corrected chi connectivity index (χ1v) is 5.89. The molecule has 0 saturated carbocycles. The van der Waals surface area contributed by atoms with Crippen molar-refractivity contribution in [2.75, 3.05) is 6.54 Å². The quantitative estimate of drug-likeness (QED) is 0.788. The molecule has 0 unspecified atom stereocenters. The highest BCUT2D eigenvalue weighted by Crippen LogP contribution is 2.23. The second-order valence-corrected chi connectivity index (χ2v) is 4.04. The lowest BCUT2D eigenvalue weighted by molar-refractivity contribution is 0.766. The van der Waals surface area contributed by atoms with Gasteiger partial charge in [0, 0.05) is 25.5 Å². The number of hydrogen-bond acceptors (Lipinski definition) is 3. The summed E-state index contributed by atoms with van der Waals surface area (Å²) in [6.45, 7) is 3.92. The number of pyridine rings is 1. The minimum Gasteiger partial charge on any atom is -0.324 e. The highest BCUT2D eigenvalue weighted by Gasteiger charge is 2.13. The van der Waals surface area contributed by atoms with Gasteiger partial charge >= 0.3 is 0 Å². The van der Waals surface area contributed by atoms with Crippen LogP contribution < -0.4 is 0 Å². The number of nitrogens with zero attached hydrogens (tertiary/aromatic N) is 4. The van der Waals surface area contributed by atoms with Crippen molar-refractivity contribution < 1.29 is 0 Å². The molecule has 0 aromatic carbocycles. The molecule has 0 N–H and O–H groups in total. The summed E-state index contributed by atoms with van der Waals surface area (Å²) in [6.07, 6.45) is 8.53. The van der Waals surface area contributed by atoms with Crippen molar-refractivity contribution in [2.24, 2.45) is 4.99 Å². The van der Waals surface area contributed by atoms with E-state index in [4.69, 9.17) is 0 Å². The molecule has 1 aliphatic heterocycles. The third-order valence-corrected chi connectivity index (χ3v) is 3.05. The predicted octanol–water partition coefficient (Wildman–Crippen LogP) is 2.31. The Balaban J connectivity index is 2.21. The van der Waals surface area contributed by atoms with E-state index in [-0.39, 0.29) is 0 Å². The molecule has 0 aliphatic carbocycles. The number of aromatic nitrogens is 3. The fraction of sp³-hybridized carbons (Fsp3) is 0.308. The van der Waals surface area contributed by atoms with Crippen molar-refractivity contribution >= 4 is 22.8 Å². The first-order valence-electron chi connectivity index (χ1n) is 5.89. The lowest BCUT2D eigenvalue weighted by atomic mass is 10.1. The van der Waals surface area contributed by atoms with Crippen molar-refractivity contribution in [3.05, 3.63) is 30.4 Å². The van der Waals surface area contributed by atoms with E-state index in [2.05, 4.69) is 32.5 Å². The summed E-state index contributed by atoms with van der Waals surface area (Å²) in [5.41, 5.74) is 3.38. The maximum atomic E-state index is 4.68. The van der Waals surface area contributed by atoms with Crippen LogP contribution in [0.15, 0.2) is 29.5 Å². The molecule has 3 rings (SSSR count). The molecular formula is C13H14N4. The zero-order chi connectivity index (χ0) is 11.7. The fourth-order valence-corrected chi connectivity index (χ4v) is 2.22. The predicted molar refractivity (Wildman–Crippen MR) is 69.2 cm³/mol. The highest BCUT2D eigenvalue weighted by atomic mass is 15.1. The summed E-state index contributed by atoms with van der Waals surface area (Å²) < 4.78 is 2.24. The van der Waals surface area contributed by atoms with Crippen LogP contribution in [0, 0.1) is 0 Å². The van der Waals surface area contributed by atoms with Gasteiger partial charge in [0.05, 0.1) is 11.7 Å². The smallest absolute Gasteiger partial charge is 0.137 e. The Morgan fingerprint density at radius 1 is 1.41 bits per heavy atom. The van der Waals surface area contributed by atoms with Gasteiger partial charge in [0.25, 0.3) is 0 Å². The molecule has 0 bridgehead atoms. The van der Waals surface area contributed by atoms with Gasteiger partial charge in [0.2, 0.25) is 0 Å². The normalized spacial score (nSPS) is 15.2. The number of dihydropyridines is 1. The van der Waals surface area contributed by atoms with E-state index in [1.165, 1.54) is 5.57 Å². The van der Waals surface area contributed by atoms with Gasteiger partial charge in [-0.05, 0) is 31.1 Å². The number of imidazole rings is 1. The summed E-state index contributed by atoms with van der Waals surface area (Å²) in [6, 6.07) is 2.02. The van der Waals surface area contributed by atoms with Gasteiger partial charge in [-0.3, -0.25) is 9.98 Å². The second kappa shape index (κ2) is 4.13. The molecule has 86 valence electrons. The van der Waals surface area contributed by atoms with E-state index >= 15 is 0 Å². The lowest BCUT2D eigenvalue weighted by Gasteiger charge is -2.10.